The van der Waals surface area contributed by atoms with E-state index in [0.29, 0.717) is 0 Å². The Kier molecular flexibility index (Phi) is 4.72. The maximum Gasteiger partial charge on any atom is 0.331 e. The van der Waals surface area contributed by atoms with Crippen molar-refractivity contribution >= 4 is 23.7 Å². The van der Waals surface area contributed by atoms with Crippen LogP contribution in [0.5, 0.6) is 0 Å². The smallest absolute Gasteiger partial charge is 0.305 e. The zero-order chi connectivity index (χ0) is 5.70. The molecular formula is H2O5S2. The quantitative estimate of drug-likeness (QED) is 0.256. The summed E-state index contributed by atoms with van der Waals surface area (Å²) < 4.78 is 31.7. The van der Waals surface area contributed by atoms with Crippen LogP contribution >= 0.6 is 12.3 Å². The van der Waals surface area contributed by atoms with Gasteiger partial charge in [-0.15, -0.1) is 4.33 Å². The van der Waals surface area contributed by atoms with Crippen molar-refractivity contribution in [2.45, 2.75) is 0 Å². The molecule has 0 aromatic rings. The van der Waals surface area contributed by atoms with Gasteiger partial charge < -0.3 is 4.55 Å². The van der Waals surface area contributed by atoms with Gasteiger partial charge in [0.25, 0.3) is 0 Å². The Hall–Kier alpha value is 0.340. The first-order valence-corrected chi connectivity index (χ1v) is 2.76. The van der Waals surface area contributed by atoms with E-state index in [-0.39, 0.29) is 12.3 Å². The van der Waals surface area contributed by atoms with Gasteiger partial charge in [0.1, 0.15) is 0 Å². The van der Waals surface area contributed by atoms with Crippen molar-refractivity contribution < 1.29 is 22.0 Å². The largest absolute Gasteiger partial charge is 0.331 e. The molecule has 0 spiro atoms. The highest BCUT2D eigenvalue weighted by Gasteiger charge is 1.90. The third-order valence-electron chi connectivity index (χ3n) is 0.116. The Morgan fingerprint density at radius 3 is 2.43 bits per heavy atom. The summed E-state index contributed by atoms with van der Waals surface area (Å²) in [4.78, 5) is 0. The molecule has 0 heterocycles. The van der Waals surface area contributed by atoms with Crippen molar-refractivity contribution in [1.29, 1.82) is 0 Å². The Morgan fingerprint density at radius 1 is 1.71 bits per heavy atom. The summed E-state index contributed by atoms with van der Waals surface area (Å²) in [6.45, 7) is 0. The van der Waals surface area contributed by atoms with Crippen LogP contribution in [0.25, 0.3) is 0 Å². The summed E-state index contributed by atoms with van der Waals surface area (Å²) in [6, 6.07) is 0. The second-order valence-electron chi connectivity index (χ2n) is 0.428. The molecule has 44 valence electrons. The van der Waals surface area contributed by atoms with Crippen LogP contribution in [0, 0.1) is 0 Å². The second-order valence-corrected chi connectivity index (χ2v) is 1.28. The van der Waals surface area contributed by atoms with Crippen LogP contribution in [0.2, 0.25) is 0 Å². The summed E-state index contributed by atoms with van der Waals surface area (Å²) in [7, 11) is 0. The van der Waals surface area contributed by atoms with E-state index in [4.69, 9.17) is 9.11 Å². The molecule has 0 aliphatic carbocycles. The topological polar surface area (TPSA) is 76.0 Å². The van der Waals surface area contributed by atoms with E-state index in [1.807, 2.05) is 0 Å². The van der Waals surface area contributed by atoms with Crippen molar-refractivity contribution in [3.8, 4) is 0 Å². The fourth-order valence-electron chi connectivity index (χ4n) is 0.0362. The first kappa shape index (κ1) is 7.34. The minimum atomic E-state index is -2.47. The van der Waals surface area contributed by atoms with E-state index in [2.05, 4.69) is 8.67 Å². The molecule has 0 saturated carbocycles. The lowest BCUT2D eigenvalue weighted by atomic mass is 14.9. The highest BCUT2D eigenvalue weighted by Crippen LogP contribution is 1.94. The molecule has 5 nitrogen and oxygen atoms in total. The molecule has 0 radical (unpaired) electrons. The number of hydrogen-bond acceptors (Lipinski definition) is 5. The zero-order valence-electron chi connectivity index (χ0n) is 2.94. The van der Waals surface area contributed by atoms with E-state index in [1.165, 1.54) is 0 Å². The van der Waals surface area contributed by atoms with Gasteiger partial charge in [0, 0.05) is 0 Å². The molecule has 0 aliphatic rings. The lowest BCUT2D eigenvalue weighted by Gasteiger charge is -1.86. The fourth-order valence-corrected chi connectivity index (χ4v) is 0.326. The molecule has 1 atom stereocenters. The average molecular weight is 146 g/mol. The van der Waals surface area contributed by atoms with Crippen LogP contribution in [-0.4, -0.2) is 13.3 Å². The third kappa shape index (κ3) is 6.34. The van der Waals surface area contributed by atoms with E-state index in [1.54, 1.807) is 0 Å². The summed E-state index contributed by atoms with van der Waals surface area (Å²) >= 11 is -2.61. The highest BCUT2D eigenvalue weighted by molar-refractivity contribution is 7.89. The van der Waals surface area contributed by atoms with Gasteiger partial charge in [-0.1, -0.05) is 4.33 Å². The molecule has 0 aliphatic heterocycles. The molecule has 0 amide bonds. The lowest BCUT2D eigenvalue weighted by Crippen LogP contribution is -1.89. The van der Waals surface area contributed by atoms with Gasteiger partial charge in [-0.05, 0) is 0 Å². The Morgan fingerprint density at radius 2 is 2.29 bits per heavy atom. The number of hydrogen-bond donors (Lipinski definition) is 2. The lowest BCUT2D eigenvalue weighted by molar-refractivity contribution is -0.0779. The van der Waals surface area contributed by atoms with Gasteiger partial charge in [0.2, 0.25) is 0 Å². The Balaban J connectivity index is 2.82. The predicted octanol–water partition coefficient (Wildman–Crippen LogP) is 0.193. The van der Waals surface area contributed by atoms with Gasteiger partial charge in [-0.3, -0.25) is 4.55 Å². The van der Waals surface area contributed by atoms with Crippen molar-refractivity contribution in [3.05, 3.63) is 0 Å². The minimum absolute atomic E-state index is 0.145. The van der Waals surface area contributed by atoms with E-state index < -0.39 is 11.4 Å². The van der Waals surface area contributed by atoms with Gasteiger partial charge >= 0.3 is 11.4 Å². The van der Waals surface area contributed by atoms with Gasteiger partial charge in [0.15, 0.2) is 12.3 Å². The molecule has 0 fully saturated rings. The molecule has 7 heavy (non-hydrogen) atoms. The minimum Gasteiger partial charge on any atom is -0.305 e. The van der Waals surface area contributed by atoms with E-state index >= 15 is 0 Å². The normalized spacial score (nSPS) is 14.0. The van der Waals surface area contributed by atoms with Crippen molar-refractivity contribution in [1.82, 2.24) is 0 Å². The number of rotatable bonds is 3. The SMILES string of the molecule is O=S(O)OOSO. The van der Waals surface area contributed by atoms with Gasteiger partial charge in [0.05, 0.1) is 0 Å². The third-order valence-corrected chi connectivity index (χ3v) is 0.516. The van der Waals surface area contributed by atoms with Crippen LogP contribution in [0.1, 0.15) is 0 Å². The first-order chi connectivity index (χ1) is 3.27. The average Bonchev–Trinajstić information content (AvgIpc) is 1.61. The molecule has 0 aromatic carbocycles. The first-order valence-electron chi connectivity index (χ1n) is 1.03. The maximum absolute atomic E-state index is 9.40. The van der Waals surface area contributed by atoms with Gasteiger partial charge in [-0.25, -0.2) is 0 Å². The summed E-state index contributed by atoms with van der Waals surface area (Å²) in [5.74, 6) is 0. The summed E-state index contributed by atoms with van der Waals surface area (Å²) in [5.41, 5.74) is 0. The van der Waals surface area contributed by atoms with Crippen LogP contribution in [-0.2, 0) is 20.0 Å². The fraction of sp³-hybridized carbons (Fsp3) is 0. The summed E-state index contributed by atoms with van der Waals surface area (Å²) in [5, 5.41) is 0. The van der Waals surface area contributed by atoms with Crippen LogP contribution in [0.3, 0.4) is 0 Å². The molecule has 0 saturated heterocycles. The molecule has 0 bridgehead atoms. The standard InChI is InChI=1S/H2O5S2/c1-6-4-5-7(2)3/h1H,(H,2,3). The predicted molar refractivity (Wildman–Crippen MR) is 23.2 cm³/mol. The van der Waals surface area contributed by atoms with Crippen molar-refractivity contribution in [2.75, 3.05) is 0 Å². The molecular weight excluding hydrogens is 144 g/mol. The zero-order valence-corrected chi connectivity index (χ0v) is 4.57. The molecule has 0 rings (SSSR count). The maximum atomic E-state index is 9.40. The van der Waals surface area contributed by atoms with E-state index in [0.717, 1.165) is 0 Å². The second kappa shape index (κ2) is 4.50. The van der Waals surface area contributed by atoms with Crippen LogP contribution < -0.4 is 0 Å². The highest BCUT2D eigenvalue weighted by atomic mass is 32.2. The Bertz CT molecular complexity index is 59.1. The molecule has 0 aromatic heterocycles. The van der Waals surface area contributed by atoms with Gasteiger partial charge in [-0.2, -0.15) is 4.21 Å². The molecule has 7 heteroatoms. The van der Waals surface area contributed by atoms with E-state index in [9.17, 15) is 4.21 Å². The van der Waals surface area contributed by atoms with Crippen LogP contribution in [0.15, 0.2) is 0 Å². The monoisotopic (exact) mass is 146 g/mol. The summed E-state index contributed by atoms with van der Waals surface area (Å²) in [6.07, 6.45) is 0. The Labute approximate surface area is 46.5 Å². The molecule has 2 N–H and O–H groups in total. The van der Waals surface area contributed by atoms with Crippen LogP contribution in [0.4, 0.5) is 0 Å². The molecule has 1 unspecified atom stereocenters. The van der Waals surface area contributed by atoms with Crippen molar-refractivity contribution in [2.24, 2.45) is 0 Å². The van der Waals surface area contributed by atoms with Crippen molar-refractivity contribution in [3.63, 3.8) is 0 Å².